The molecule has 11 heavy (non-hydrogen) atoms. The van der Waals surface area contributed by atoms with Crippen LogP contribution >= 0.6 is 0 Å². The van der Waals surface area contributed by atoms with Crippen LogP contribution in [0, 0.1) is 13.8 Å². The average molecular weight is 152 g/mol. The predicted octanol–water partition coefficient (Wildman–Crippen LogP) is 1.52. The van der Waals surface area contributed by atoms with Crippen LogP contribution in [0.25, 0.3) is 0 Å². The van der Waals surface area contributed by atoms with Gasteiger partial charge in [0.15, 0.2) is 0 Å². The van der Waals surface area contributed by atoms with E-state index < -0.39 is 0 Å². The molecule has 3 N–H and O–H groups in total. The Morgan fingerprint density at radius 3 is 2.64 bits per heavy atom. The molecule has 2 heteroatoms. The summed E-state index contributed by atoms with van der Waals surface area (Å²) >= 11 is 0. The number of aromatic nitrogens is 1. The van der Waals surface area contributed by atoms with Crippen molar-refractivity contribution in [3.05, 3.63) is 23.0 Å². The van der Waals surface area contributed by atoms with Crippen LogP contribution in [0.15, 0.2) is 6.20 Å². The van der Waals surface area contributed by atoms with Crippen molar-refractivity contribution in [2.45, 2.75) is 26.7 Å². The normalized spacial score (nSPS) is 10.5. The quantitative estimate of drug-likeness (QED) is 0.677. The Balaban J connectivity index is 2.67. The summed E-state index contributed by atoms with van der Waals surface area (Å²) in [6, 6.07) is 0. The van der Waals surface area contributed by atoms with E-state index in [1.54, 1.807) is 0 Å². The molecule has 0 aromatic carbocycles. The molecule has 0 aliphatic carbocycles. The number of aryl methyl sites for hydroxylation is 2. The van der Waals surface area contributed by atoms with Crippen molar-refractivity contribution in [2.24, 2.45) is 5.73 Å². The standard InChI is InChI=1S/C9H16N2/c1-7-6-11-8(2)9(7)4-3-5-10/h6,11H,3-5,10H2,1-2H3. The Labute approximate surface area is 67.8 Å². The van der Waals surface area contributed by atoms with Crippen molar-refractivity contribution >= 4 is 0 Å². The van der Waals surface area contributed by atoms with Crippen molar-refractivity contribution in [3.63, 3.8) is 0 Å². The molecule has 1 heterocycles. The molecule has 0 saturated heterocycles. The van der Waals surface area contributed by atoms with Gasteiger partial charge in [0, 0.05) is 11.9 Å². The number of nitrogens with two attached hydrogens (primary N) is 1. The van der Waals surface area contributed by atoms with Gasteiger partial charge in [-0.25, -0.2) is 0 Å². The van der Waals surface area contributed by atoms with E-state index in [2.05, 4.69) is 25.0 Å². The maximum Gasteiger partial charge on any atom is 0.0150 e. The third kappa shape index (κ3) is 1.84. The van der Waals surface area contributed by atoms with Gasteiger partial charge in [-0.05, 0) is 44.4 Å². The van der Waals surface area contributed by atoms with Gasteiger partial charge in [-0.15, -0.1) is 0 Å². The average Bonchev–Trinajstić information content (AvgIpc) is 2.29. The molecule has 0 bridgehead atoms. The zero-order valence-electron chi connectivity index (χ0n) is 7.28. The van der Waals surface area contributed by atoms with Crippen molar-refractivity contribution in [1.82, 2.24) is 4.98 Å². The summed E-state index contributed by atoms with van der Waals surface area (Å²) in [5, 5.41) is 0. The molecule has 0 unspecified atom stereocenters. The molecule has 0 amide bonds. The highest BCUT2D eigenvalue weighted by atomic mass is 14.7. The number of aromatic amines is 1. The van der Waals surface area contributed by atoms with E-state index in [9.17, 15) is 0 Å². The topological polar surface area (TPSA) is 41.8 Å². The highest BCUT2D eigenvalue weighted by molar-refractivity contribution is 5.28. The highest BCUT2D eigenvalue weighted by Crippen LogP contribution is 2.13. The maximum atomic E-state index is 5.44. The van der Waals surface area contributed by atoms with E-state index in [1.807, 2.05) is 0 Å². The SMILES string of the molecule is Cc1c[nH]c(C)c1CCCN. The Morgan fingerprint density at radius 2 is 2.18 bits per heavy atom. The lowest BCUT2D eigenvalue weighted by Crippen LogP contribution is -2.01. The molecular formula is C9H16N2. The van der Waals surface area contributed by atoms with Gasteiger partial charge >= 0.3 is 0 Å². The predicted molar refractivity (Wildman–Crippen MR) is 47.6 cm³/mol. The zero-order chi connectivity index (χ0) is 8.27. The van der Waals surface area contributed by atoms with E-state index in [0.717, 1.165) is 19.4 Å². The summed E-state index contributed by atoms with van der Waals surface area (Å²) in [7, 11) is 0. The van der Waals surface area contributed by atoms with Gasteiger partial charge in [-0.1, -0.05) is 0 Å². The van der Waals surface area contributed by atoms with Gasteiger partial charge in [0.05, 0.1) is 0 Å². The second-order valence-electron chi connectivity index (χ2n) is 2.97. The lowest BCUT2D eigenvalue weighted by molar-refractivity contribution is 0.824. The van der Waals surface area contributed by atoms with Crippen LogP contribution in [0.5, 0.6) is 0 Å². The Hall–Kier alpha value is -0.760. The van der Waals surface area contributed by atoms with Crippen LogP contribution in [0.4, 0.5) is 0 Å². The first-order valence-electron chi connectivity index (χ1n) is 4.09. The van der Waals surface area contributed by atoms with Crippen LogP contribution in [0.1, 0.15) is 23.2 Å². The minimum absolute atomic E-state index is 0.782. The van der Waals surface area contributed by atoms with Gasteiger partial charge < -0.3 is 10.7 Å². The first-order valence-corrected chi connectivity index (χ1v) is 4.09. The fraction of sp³-hybridized carbons (Fsp3) is 0.556. The molecule has 0 fully saturated rings. The molecule has 1 rings (SSSR count). The van der Waals surface area contributed by atoms with Crippen molar-refractivity contribution in [3.8, 4) is 0 Å². The monoisotopic (exact) mass is 152 g/mol. The summed E-state index contributed by atoms with van der Waals surface area (Å²) in [6.07, 6.45) is 4.25. The molecule has 2 nitrogen and oxygen atoms in total. The number of H-pyrrole nitrogens is 1. The molecule has 1 aromatic rings. The Kier molecular flexibility index (Phi) is 2.71. The van der Waals surface area contributed by atoms with Crippen LogP contribution in [-0.2, 0) is 6.42 Å². The lowest BCUT2D eigenvalue weighted by Gasteiger charge is -1.99. The Morgan fingerprint density at radius 1 is 1.45 bits per heavy atom. The van der Waals surface area contributed by atoms with E-state index in [0.29, 0.717) is 0 Å². The minimum Gasteiger partial charge on any atom is -0.365 e. The first kappa shape index (κ1) is 8.34. The van der Waals surface area contributed by atoms with Crippen molar-refractivity contribution in [2.75, 3.05) is 6.54 Å². The van der Waals surface area contributed by atoms with Crippen molar-refractivity contribution < 1.29 is 0 Å². The maximum absolute atomic E-state index is 5.44. The number of hydrogen-bond acceptors (Lipinski definition) is 1. The molecular weight excluding hydrogens is 136 g/mol. The summed E-state index contributed by atoms with van der Waals surface area (Å²) in [6.45, 7) is 5.03. The van der Waals surface area contributed by atoms with Gasteiger partial charge in [0.2, 0.25) is 0 Å². The molecule has 0 spiro atoms. The van der Waals surface area contributed by atoms with E-state index in [4.69, 9.17) is 5.73 Å². The summed E-state index contributed by atoms with van der Waals surface area (Å²) in [5.74, 6) is 0. The molecule has 0 aliphatic heterocycles. The fourth-order valence-electron chi connectivity index (χ4n) is 1.35. The smallest absolute Gasteiger partial charge is 0.0150 e. The van der Waals surface area contributed by atoms with E-state index >= 15 is 0 Å². The van der Waals surface area contributed by atoms with Crippen LogP contribution in [0.3, 0.4) is 0 Å². The Bertz CT molecular complexity index is 206. The molecule has 0 radical (unpaired) electrons. The van der Waals surface area contributed by atoms with Gasteiger partial charge in [-0.2, -0.15) is 0 Å². The summed E-state index contributed by atoms with van der Waals surface area (Å²) in [4.78, 5) is 3.20. The van der Waals surface area contributed by atoms with Gasteiger partial charge in [0.25, 0.3) is 0 Å². The second kappa shape index (κ2) is 3.58. The third-order valence-electron chi connectivity index (χ3n) is 2.06. The molecule has 0 atom stereocenters. The van der Waals surface area contributed by atoms with Gasteiger partial charge in [0.1, 0.15) is 0 Å². The number of rotatable bonds is 3. The first-order chi connectivity index (χ1) is 5.25. The van der Waals surface area contributed by atoms with Crippen LogP contribution in [0.2, 0.25) is 0 Å². The fourth-order valence-corrected chi connectivity index (χ4v) is 1.35. The summed E-state index contributed by atoms with van der Waals surface area (Å²) in [5.41, 5.74) is 9.52. The molecule has 0 aliphatic rings. The third-order valence-corrected chi connectivity index (χ3v) is 2.06. The van der Waals surface area contributed by atoms with Gasteiger partial charge in [-0.3, -0.25) is 0 Å². The minimum atomic E-state index is 0.782. The number of nitrogens with one attached hydrogen (secondary N) is 1. The second-order valence-corrected chi connectivity index (χ2v) is 2.97. The lowest BCUT2D eigenvalue weighted by atomic mass is 10.1. The van der Waals surface area contributed by atoms with E-state index in [-0.39, 0.29) is 0 Å². The molecule has 0 saturated carbocycles. The van der Waals surface area contributed by atoms with Crippen LogP contribution in [-0.4, -0.2) is 11.5 Å². The van der Waals surface area contributed by atoms with Crippen LogP contribution < -0.4 is 5.73 Å². The molecule has 1 aromatic heterocycles. The highest BCUT2D eigenvalue weighted by Gasteiger charge is 2.02. The van der Waals surface area contributed by atoms with Crippen molar-refractivity contribution in [1.29, 1.82) is 0 Å². The van der Waals surface area contributed by atoms with E-state index in [1.165, 1.54) is 16.8 Å². The largest absolute Gasteiger partial charge is 0.365 e. The number of hydrogen-bond donors (Lipinski definition) is 2. The zero-order valence-corrected chi connectivity index (χ0v) is 7.28. The summed E-state index contributed by atoms with van der Waals surface area (Å²) < 4.78 is 0. The molecule has 62 valence electrons.